The van der Waals surface area contributed by atoms with Gasteiger partial charge in [0.1, 0.15) is 19.3 Å². The summed E-state index contributed by atoms with van der Waals surface area (Å²) in [4.78, 5) is 38.0. The third-order valence-electron chi connectivity index (χ3n) is 17.1. The standard InChI is InChI=1S/C75H145N2O7P/c1-7-10-13-16-19-22-25-28-30-32-34-36-37-38-39-41-42-44-46-49-52-55-58-61-64-67-74(78)76-72(71-83-85(80,81)82-70-69-77(4,5)6)73(66-63-60-57-54-51-48-27-24-21-18-15-12-9-3)84-75(79)68-65-62-59-56-53-50-47-45-43-40-35-33-31-29-26-23-20-17-14-11-8-2/h19,22,28,30,63,66,72-73H,7-18,20-21,23-27,29,31-62,64-65,67-71H2,1-6H3,(H-,76,78,80,81)/p+1/b22-19-,30-28-,66-63+. The van der Waals surface area contributed by atoms with Crippen LogP contribution in [0.4, 0.5) is 0 Å². The number of rotatable bonds is 69. The minimum absolute atomic E-state index is 0.0437. The fourth-order valence-electron chi connectivity index (χ4n) is 11.3. The Morgan fingerprint density at radius 3 is 1.08 bits per heavy atom. The van der Waals surface area contributed by atoms with Crippen LogP contribution in [0, 0.1) is 0 Å². The van der Waals surface area contributed by atoms with Crippen molar-refractivity contribution in [3.63, 3.8) is 0 Å². The molecule has 0 spiro atoms. The van der Waals surface area contributed by atoms with Gasteiger partial charge in [-0.2, -0.15) is 0 Å². The molecule has 0 bridgehead atoms. The van der Waals surface area contributed by atoms with Crippen LogP contribution >= 0.6 is 7.82 Å². The van der Waals surface area contributed by atoms with Crippen molar-refractivity contribution in [1.29, 1.82) is 0 Å². The number of likely N-dealkylation sites (N-methyl/N-ethyl adjacent to an activating group) is 1. The van der Waals surface area contributed by atoms with E-state index in [0.717, 1.165) is 64.2 Å². The molecule has 3 atom stereocenters. The topological polar surface area (TPSA) is 111 Å². The molecule has 0 aromatic heterocycles. The van der Waals surface area contributed by atoms with Crippen LogP contribution in [0.5, 0.6) is 0 Å². The van der Waals surface area contributed by atoms with Gasteiger partial charge in [0.2, 0.25) is 5.91 Å². The van der Waals surface area contributed by atoms with Crippen LogP contribution in [0.1, 0.15) is 380 Å². The monoisotopic (exact) mass is 1220 g/mol. The number of hydrogen-bond acceptors (Lipinski definition) is 6. The van der Waals surface area contributed by atoms with E-state index in [9.17, 15) is 19.0 Å². The number of nitrogens with one attached hydrogen (secondary N) is 1. The average molecular weight is 1220 g/mol. The Kier molecular flexibility index (Phi) is 63.8. The van der Waals surface area contributed by atoms with Crippen molar-refractivity contribution >= 4 is 19.7 Å². The van der Waals surface area contributed by atoms with Gasteiger partial charge in [-0.25, -0.2) is 4.57 Å². The smallest absolute Gasteiger partial charge is 0.456 e. The second-order valence-corrected chi connectivity index (χ2v) is 28.3. The van der Waals surface area contributed by atoms with E-state index in [1.54, 1.807) is 0 Å². The predicted octanol–water partition coefficient (Wildman–Crippen LogP) is 23.8. The van der Waals surface area contributed by atoms with Crippen LogP contribution in [-0.2, 0) is 27.9 Å². The lowest BCUT2D eigenvalue weighted by atomic mass is 10.0. The molecular formula is C75H146N2O7P+. The molecule has 502 valence electrons. The molecule has 0 aliphatic heterocycles. The van der Waals surface area contributed by atoms with E-state index in [-0.39, 0.29) is 25.1 Å². The van der Waals surface area contributed by atoms with Gasteiger partial charge >= 0.3 is 13.8 Å². The summed E-state index contributed by atoms with van der Waals surface area (Å²) in [6.45, 7) is 7.06. The minimum atomic E-state index is -4.45. The number of phosphoric acid groups is 1. The highest BCUT2D eigenvalue weighted by molar-refractivity contribution is 7.47. The van der Waals surface area contributed by atoms with Crippen molar-refractivity contribution in [2.75, 3.05) is 40.9 Å². The van der Waals surface area contributed by atoms with Crippen LogP contribution in [0.25, 0.3) is 0 Å². The van der Waals surface area contributed by atoms with Gasteiger partial charge < -0.3 is 19.4 Å². The number of unbranched alkanes of at least 4 members (excludes halogenated alkanes) is 49. The molecule has 0 fully saturated rings. The molecule has 0 saturated carbocycles. The Balaban J connectivity index is 5.02. The first kappa shape index (κ1) is 83.2. The zero-order valence-electron chi connectivity index (χ0n) is 57.6. The van der Waals surface area contributed by atoms with Crippen molar-refractivity contribution in [1.82, 2.24) is 5.32 Å². The van der Waals surface area contributed by atoms with Gasteiger partial charge in [-0.15, -0.1) is 0 Å². The second kappa shape index (κ2) is 65.2. The van der Waals surface area contributed by atoms with Crippen LogP contribution in [-0.4, -0.2) is 74.3 Å². The van der Waals surface area contributed by atoms with E-state index in [1.807, 2.05) is 27.2 Å². The number of phosphoric ester groups is 1. The Labute approximate surface area is 529 Å². The Morgan fingerprint density at radius 1 is 0.412 bits per heavy atom. The molecule has 0 aliphatic rings. The minimum Gasteiger partial charge on any atom is -0.456 e. The number of carbonyl (C=O) groups is 2. The molecule has 3 unspecified atom stereocenters. The second-order valence-electron chi connectivity index (χ2n) is 26.8. The first-order valence-electron chi connectivity index (χ1n) is 37.3. The molecular weight excluding hydrogens is 1070 g/mol. The van der Waals surface area contributed by atoms with Crippen molar-refractivity contribution < 1.29 is 37.3 Å². The highest BCUT2D eigenvalue weighted by Gasteiger charge is 2.30. The van der Waals surface area contributed by atoms with E-state index in [0.29, 0.717) is 23.9 Å². The Morgan fingerprint density at radius 2 is 0.718 bits per heavy atom. The third-order valence-corrected chi connectivity index (χ3v) is 18.1. The average Bonchev–Trinajstić information content (AvgIpc) is 3.64. The Hall–Kier alpha value is -1.77. The summed E-state index contributed by atoms with van der Waals surface area (Å²) in [5.41, 5.74) is 0. The molecule has 10 heteroatoms. The van der Waals surface area contributed by atoms with Gasteiger partial charge in [0.15, 0.2) is 0 Å². The maximum Gasteiger partial charge on any atom is 0.472 e. The van der Waals surface area contributed by atoms with Crippen molar-refractivity contribution in [2.45, 2.75) is 392 Å². The van der Waals surface area contributed by atoms with E-state index in [4.69, 9.17) is 13.8 Å². The van der Waals surface area contributed by atoms with E-state index in [2.05, 4.69) is 56.5 Å². The lowest BCUT2D eigenvalue weighted by Crippen LogP contribution is -2.47. The van der Waals surface area contributed by atoms with Crippen molar-refractivity contribution in [3.8, 4) is 0 Å². The molecule has 9 nitrogen and oxygen atoms in total. The van der Waals surface area contributed by atoms with Gasteiger partial charge in [-0.3, -0.25) is 18.6 Å². The molecule has 2 N–H and O–H groups in total. The number of carbonyl (C=O) groups excluding carboxylic acids is 2. The van der Waals surface area contributed by atoms with Gasteiger partial charge in [-0.05, 0) is 63.9 Å². The van der Waals surface area contributed by atoms with Gasteiger partial charge in [-0.1, -0.05) is 340 Å². The number of amides is 1. The highest BCUT2D eigenvalue weighted by Crippen LogP contribution is 2.43. The van der Waals surface area contributed by atoms with Crippen LogP contribution < -0.4 is 5.32 Å². The number of quaternary nitrogens is 1. The molecule has 1 amide bonds. The first-order chi connectivity index (χ1) is 41.4. The predicted molar refractivity (Wildman–Crippen MR) is 369 cm³/mol. The molecule has 0 saturated heterocycles. The lowest BCUT2D eigenvalue weighted by Gasteiger charge is -2.27. The Bertz CT molecular complexity index is 1550. The van der Waals surface area contributed by atoms with Gasteiger partial charge in [0, 0.05) is 12.8 Å². The molecule has 0 radical (unpaired) electrons. The quantitative estimate of drug-likeness (QED) is 0.0205. The maximum atomic E-state index is 13.6. The molecule has 0 heterocycles. The number of esters is 1. The van der Waals surface area contributed by atoms with E-state index in [1.165, 1.54) is 283 Å². The normalized spacial score (nSPS) is 13.6. The number of hydrogen-bond donors (Lipinski definition) is 2. The summed E-state index contributed by atoms with van der Waals surface area (Å²) in [5.74, 6) is -0.481. The van der Waals surface area contributed by atoms with Crippen molar-refractivity contribution in [2.24, 2.45) is 0 Å². The largest absolute Gasteiger partial charge is 0.472 e. The fourth-order valence-corrected chi connectivity index (χ4v) is 12.1. The summed E-state index contributed by atoms with van der Waals surface area (Å²) in [5, 5.41) is 3.08. The lowest BCUT2D eigenvalue weighted by molar-refractivity contribution is -0.870. The van der Waals surface area contributed by atoms with Gasteiger partial charge in [0.25, 0.3) is 0 Å². The van der Waals surface area contributed by atoms with E-state index < -0.39 is 20.0 Å². The summed E-state index contributed by atoms with van der Waals surface area (Å²) in [6.07, 6.45) is 81.6. The number of nitrogens with zero attached hydrogens (tertiary/aromatic N) is 1. The maximum absolute atomic E-state index is 13.6. The molecule has 85 heavy (non-hydrogen) atoms. The van der Waals surface area contributed by atoms with Crippen molar-refractivity contribution in [3.05, 3.63) is 36.5 Å². The molecule has 0 aliphatic carbocycles. The van der Waals surface area contributed by atoms with Crippen LogP contribution in [0.3, 0.4) is 0 Å². The highest BCUT2D eigenvalue weighted by atomic mass is 31.2. The zero-order chi connectivity index (χ0) is 62.1. The zero-order valence-corrected chi connectivity index (χ0v) is 58.5. The fraction of sp³-hybridized carbons (Fsp3) is 0.893. The van der Waals surface area contributed by atoms with Crippen LogP contribution in [0.2, 0.25) is 0 Å². The molecule has 0 aromatic rings. The van der Waals surface area contributed by atoms with Gasteiger partial charge in [0.05, 0.1) is 33.8 Å². The summed E-state index contributed by atoms with van der Waals surface area (Å²) in [6, 6.07) is -0.845. The summed E-state index contributed by atoms with van der Waals surface area (Å²) in [7, 11) is 1.52. The number of ether oxygens (including phenoxy) is 1. The SMILES string of the molecule is CCCCC/C=C\C/C=C\CCCCCCCCCCCCCCCCCC(=O)NC(COP(=O)(O)OCC[N+](C)(C)C)C(/C=C/CCCCCCCCCCCCC)OC(=O)CCCCCCCCCCCCCCCCCCCCCCC. The molecule has 0 rings (SSSR count). The summed E-state index contributed by atoms with van der Waals surface area (Å²) < 4.78 is 30.9. The molecule has 0 aromatic carbocycles. The third kappa shape index (κ3) is 66.5. The number of allylic oxidation sites excluding steroid dienone is 5. The summed E-state index contributed by atoms with van der Waals surface area (Å²) >= 11 is 0. The van der Waals surface area contributed by atoms with E-state index >= 15 is 0 Å². The first-order valence-corrected chi connectivity index (χ1v) is 38.8. The van der Waals surface area contributed by atoms with Crippen LogP contribution in [0.15, 0.2) is 36.5 Å².